The van der Waals surface area contributed by atoms with Crippen molar-refractivity contribution in [1.82, 2.24) is 9.88 Å². The molecule has 1 fully saturated rings. The summed E-state index contributed by atoms with van der Waals surface area (Å²) in [4.78, 5) is 28.6. The number of hydrogen-bond acceptors (Lipinski definition) is 3. The Morgan fingerprint density at radius 2 is 1.86 bits per heavy atom. The number of carbonyl (C=O) groups is 2. The molecule has 0 spiro atoms. The van der Waals surface area contributed by atoms with Crippen LogP contribution >= 0.6 is 11.6 Å². The molecule has 2 aromatic rings. The van der Waals surface area contributed by atoms with Gasteiger partial charge in [-0.05, 0) is 54.7 Å². The lowest BCUT2D eigenvalue weighted by atomic mass is 9.87. The van der Waals surface area contributed by atoms with Crippen molar-refractivity contribution in [2.24, 2.45) is 0 Å². The van der Waals surface area contributed by atoms with E-state index in [0.29, 0.717) is 18.4 Å². The van der Waals surface area contributed by atoms with Crippen LogP contribution in [0.3, 0.4) is 0 Å². The van der Waals surface area contributed by atoms with Crippen LogP contribution in [0.15, 0.2) is 36.5 Å². The number of piperidine rings is 1. The number of rotatable bonds is 3. The third-order valence-electron chi connectivity index (χ3n) is 4.82. The van der Waals surface area contributed by atoms with E-state index < -0.39 is 23.7 Å². The molecule has 6 nitrogen and oxygen atoms in total. The number of halogens is 4. The zero-order valence-electron chi connectivity index (χ0n) is 15.0. The lowest BCUT2D eigenvalue weighted by molar-refractivity contribution is -0.137. The number of hydrogen-bond donors (Lipinski definition) is 2. The van der Waals surface area contributed by atoms with Gasteiger partial charge in [0.05, 0.1) is 5.56 Å². The van der Waals surface area contributed by atoms with Crippen molar-refractivity contribution < 1.29 is 27.9 Å². The van der Waals surface area contributed by atoms with Crippen LogP contribution in [0.4, 0.5) is 23.7 Å². The Labute approximate surface area is 169 Å². The first-order chi connectivity index (χ1) is 13.6. The van der Waals surface area contributed by atoms with E-state index in [1.807, 2.05) is 0 Å². The number of aromatic nitrogens is 1. The van der Waals surface area contributed by atoms with Crippen molar-refractivity contribution in [2.75, 3.05) is 18.4 Å². The number of carboxylic acid groups (broad SMARTS) is 1. The van der Waals surface area contributed by atoms with Crippen LogP contribution < -0.4 is 5.32 Å². The fourth-order valence-electron chi connectivity index (χ4n) is 3.31. The van der Waals surface area contributed by atoms with Gasteiger partial charge >= 0.3 is 12.3 Å². The van der Waals surface area contributed by atoms with Crippen molar-refractivity contribution in [3.63, 3.8) is 0 Å². The van der Waals surface area contributed by atoms with E-state index in [0.717, 1.165) is 12.1 Å². The van der Waals surface area contributed by atoms with Gasteiger partial charge in [0.15, 0.2) is 0 Å². The molecule has 29 heavy (non-hydrogen) atoms. The highest BCUT2D eigenvalue weighted by Crippen LogP contribution is 2.38. The predicted octanol–water partition coefficient (Wildman–Crippen LogP) is 4.86. The maximum absolute atomic E-state index is 13.2. The Kier molecular flexibility index (Phi) is 5.97. The minimum Gasteiger partial charge on any atom is -0.465 e. The van der Waals surface area contributed by atoms with Crippen LogP contribution in [0, 0.1) is 0 Å². The van der Waals surface area contributed by atoms with E-state index in [4.69, 9.17) is 16.7 Å². The fourth-order valence-corrected chi connectivity index (χ4v) is 3.48. The molecule has 1 saturated heterocycles. The molecule has 0 saturated carbocycles. The summed E-state index contributed by atoms with van der Waals surface area (Å²) in [5, 5.41) is 11.8. The number of likely N-dealkylation sites (tertiary alicyclic amines) is 1. The molecular formula is C19H17ClF3N3O3. The molecule has 1 aromatic heterocycles. The summed E-state index contributed by atoms with van der Waals surface area (Å²) in [5.74, 6) is -0.845. The minimum atomic E-state index is -4.53. The summed E-state index contributed by atoms with van der Waals surface area (Å²) < 4.78 is 39.6. The van der Waals surface area contributed by atoms with Gasteiger partial charge in [-0.1, -0.05) is 11.6 Å². The van der Waals surface area contributed by atoms with Gasteiger partial charge in [0.2, 0.25) is 0 Å². The Hall–Kier alpha value is -2.81. The summed E-state index contributed by atoms with van der Waals surface area (Å²) in [5.41, 5.74) is -0.0160. The highest BCUT2D eigenvalue weighted by atomic mass is 35.5. The number of nitrogens with one attached hydrogen (secondary N) is 1. The number of alkyl halides is 3. The van der Waals surface area contributed by atoms with Crippen molar-refractivity contribution in [1.29, 1.82) is 0 Å². The number of pyridine rings is 1. The van der Waals surface area contributed by atoms with Gasteiger partial charge in [-0.3, -0.25) is 4.79 Å². The molecule has 1 aromatic carbocycles. The zero-order valence-corrected chi connectivity index (χ0v) is 15.8. The summed E-state index contributed by atoms with van der Waals surface area (Å²) in [6, 6.07) is 5.95. The summed E-state index contributed by atoms with van der Waals surface area (Å²) in [6.45, 7) is 0.424. The molecule has 0 radical (unpaired) electrons. The molecule has 0 unspecified atom stereocenters. The van der Waals surface area contributed by atoms with Crippen LogP contribution in [0.2, 0.25) is 5.15 Å². The fraction of sp³-hybridized carbons (Fsp3) is 0.316. The van der Waals surface area contributed by atoms with Gasteiger partial charge < -0.3 is 15.3 Å². The SMILES string of the molecule is O=C(Nc1ccc(C(F)(F)F)cc1C1CCN(C(=O)O)CC1)c1ccnc(Cl)c1. The second-order valence-electron chi connectivity index (χ2n) is 6.67. The molecule has 1 aliphatic rings. The number of amides is 2. The standard InChI is InChI=1S/C19H17ClF3N3O3/c20-16-9-12(3-6-24-16)17(27)25-15-2-1-13(19(21,22)23)10-14(15)11-4-7-26(8-5-11)18(28)29/h1-3,6,9-11H,4-5,7-8H2,(H,25,27)(H,28,29). The van der Waals surface area contributed by atoms with Gasteiger partial charge in [0.25, 0.3) is 5.91 Å². The summed E-state index contributed by atoms with van der Waals surface area (Å²) in [6.07, 6.45) is -3.52. The number of nitrogens with zero attached hydrogens (tertiary/aromatic N) is 2. The van der Waals surface area contributed by atoms with Gasteiger partial charge in [-0.2, -0.15) is 13.2 Å². The van der Waals surface area contributed by atoms with Crippen molar-refractivity contribution >= 4 is 29.3 Å². The molecule has 3 rings (SSSR count). The topological polar surface area (TPSA) is 82.5 Å². The first-order valence-electron chi connectivity index (χ1n) is 8.77. The highest BCUT2D eigenvalue weighted by molar-refractivity contribution is 6.29. The largest absolute Gasteiger partial charge is 0.465 e. The zero-order chi connectivity index (χ0) is 21.2. The molecule has 154 valence electrons. The maximum Gasteiger partial charge on any atom is 0.416 e. The average molecular weight is 428 g/mol. The van der Waals surface area contributed by atoms with E-state index in [1.165, 1.54) is 29.3 Å². The number of anilines is 1. The van der Waals surface area contributed by atoms with Crippen LogP contribution in [0.1, 0.15) is 40.2 Å². The van der Waals surface area contributed by atoms with Crippen LogP contribution in [0.5, 0.6) is 0 Å². The van der Waals surface area contributed by atoms with Crippen molar-refractivity contribution in [3.8, 4) is 0 Å². The normalized spacial score (nSPS) is 15.2. The van der Waals surface area contributed by atoms with E-state index in [1.54, 1.807) is 0 Å². The second kappa shape index (κ2) is 8.28. The lowest BCUT2D eigenvalue weighted by Crippen LogP contribution is -2.37. The molecule has 2 N–H and O–H groups in total. The third kappa shape index (κ3) is 4.97. The minimum absolute atomic E-state index is 0.117. The first-order valence-corrected chi connectivity index (χ1v) is 9.15. The Morgan fingerprint density at radius 1 is 1.17 bits per heavy atom. The van der Waals surface area contributed by atoms with Crippen LogP contribution in [0.25, 0.3) is 0 Å². The van der Waals surface area contributed by atoms with Crippen molar-refractivity contribution in [3.05, 3.63) is 58.4 Å². The smallest absolute Gasteiger partial charge is 0.416 e. The Balaban J connectivity index is 1.90. The van der Waals surface area contributed by atoms with Crippen LogP contribution in [-0.4, -0.2) is 40.1 Å². The van der Waals surface area contributed by atoms with Crippen LogP contribution in [-0.2, 0) is 6.18 Å². The second-order valence-corrected chi connectivity index (χ2v) is 7.05. The van der Waals surface area contributed by atoms with E-state index in [-0.39, 0.29) is 35.4 Å². The molecule has 2 heterocycles. The lowest BCUT2D eigenvalue weighted by Gasteiger charge is -2.31. The summed E-state index contributed by atoms with van der Waals surface area (Å²) in [7, 11) is 0. The van der Waals surface area contributed by atoms with Gasteiger partial charge in [-0.15, -0.1) is 0 Å². The predicted molar refractivity (Wildman–Crippen MR) is 100 cm³/mol. The van der Waals surface area contributed by atoms with E-state index in [2.05, 4.69) is 10.3 Å². The van der Waals surface area contributed by atoms with E-state index in [9.17, 15) is 22.8 Å². The van der Waals surface area contributed by atoms with E-state index >= 15 is 0 Å². The Morgan fingerprint density at radius 3 is 2.45 bits per heavy atom. The van der Waals surface area contributed by atoms with Gasteiger partial charge in [0, 0.05) is 30.5 Å². The number of benzene rings is 1. The first kappa shape index (κ1) is 20.9. The molecule has 0 aliphatic carbocycles. The molecular weight excluding hydrogens is 411 g/mol. The molecule has 0 bridgehead atoms. The number of carbonyl (C=O) groups excluding carboxylic acids is 1. The quantitative estimate of drug-likeness (QED) is 0.685. The maximum atomic E-state index is 13.2. The molecule has 1 aliphatic heterocycles. The average Bonchev–Trinajstić information content (AvgIpc) is 2.67. The molecule has 0 atom stereocenters. The highest BCUT2D eigenvalue weighted by Gasteiger charge is 2.33. The third-order valence-corrected chi connectivity index (χ3v) is 5.03. The summed E-state index contributed by atoms with van der Waals surface area (Å²) >= 11 is 5.79. The molecule has 2 amide bonds. The van der Waals surface area contributed by atoms with Gasteiger partial charge in [-0.25, -0.2) is 9.78 Å². The van der Waals surface area contributed by atoms with Crippen molar-refractivity contribution in [2.45, 2.75) is 24.9 Å². The monoisotopic (exact) mass is 427 g/mol. The van der Waals surface area contributed by atoms with Gasteiger partial charge in [0.1, 0.15) is 5.15 Å². The molecule has 10 heteroatoms. The Bertz CT molecular complexity index is 928.